The van der Waals surface area contributed by atoms with Gasteiger partial charge in [-0.1, -0.05) is 72.8 Å². The second kappa shape index (κ2) is 13.9. The number of carboxylic acids is 1. The quantitative estimate of drug-likeness (QED) is 0.0810. The summed E-state index contributed by atoms with van der Waals surface area (Å²) in [4.78, 5) is 23.8. The van der Waals surface area contributed by atoms with Crippen molar-refractivity contribution in [3.05, 3.63) is 156 Å². The minimum atomic E-state index is -1.26. The van der Waals surface area contributed by atoms with Gasteiger partial charge >= 0.3 is 5.97 Å². The van der Waals surface area contributed by atoms with Crippen LogP contribution in [0.3, 0.4) is 0 Å². The lowest BCUT2D eigenvalue weighted by atomic mass is 9.90. The summed E-state index contributed by atoms with van der Waals surface area (Å²) in [5.41, 5.74) is 5.57. The van der Waals surface area contributed by atoms with Gasteiger partial charge < -0.3 is 19.1 Å². The van der Waals surface area contributed by atoms with Gasteiger partial charge in [0.25, 0.3) is 0 Å². The summed E-state index contributed by atoms with van der Waals surface area (Å²) in [6.45, 7) is 6.64. The van der Waals surface area contributed by atoms with Crippen LogP contribution in [0, 0.1) is 0 Å². The molecule has 6 rings (SSSR count). The zero-order valence-electron chi connectivity index (χ0n) is 26.0. The molecule has 47 heavy (non-hydrogen) atoms. The number of esters is 1. The number of ether oxygens (including phenoxy) is 1. The summed E-state index contributed by atoms with van der Waals surface area (Å²) in [7, 11) is 0. The Kier molecular flexibility index (Phi) is 9.16. The van der Waals surface area contributed by atoms with Crippen LogP contribution in [0.4, 0.5) is 5.69 Å². The summed E-state index contributed by atoms with van der Waals surface area (Å²) in [5.74, 6) is -1.03. The summed E-state index contributed by atoms with van der Waals surface area (Å²) in [5, 5.41) is 13.9. The van der Waals surface area contributed by atoms with Crippen molar-refractivity contribution in [2.75, 3.05) is 13.2 Å². The first-order valence-corrected chi connectivity index (χ1v) is 15.3. The van der Waals surface area contributed by atoms with Gasteiger partial charge in [0.05, 0.1) is 18.1 Å². The number of aromatic carboxylic acids is 1. The monoisotopic (exact) mass is 621 g/mol. The van der Waals surface area contributed by atoms with E-state index in [1.165, 1.54) is 6.92 Å². The predicted octanol–water partition coefficient (Wildman–Crippen LogP) is 6.01. The molecule has 7 nitrogen and oxygen atoms in total. The molecule has 2 aliphatic rings. The van der Waals surface area contributed by atoms with E-state index in [-0.39, 0.29) is 18.1 Å². The third-order valence-corrected chi connectivity index (χ3v) is 7.93. The largest absolute Gasteiger partial charge is 0.545 e. The van der Waals surface area contributed by atoms with Crippen molar-refractivity contribution in [2.24, 2.45) is 0 Å². The van der Waals surface area contributed by atoms with Gasteiger partial charge in [0.2, 0.25) is 11.0 Å². The fourth-order valence-corrected chi connectivity index (χ4v) is 5.71. The van der Waals surface area contributed by atoms with E-state index in [1.807, 2.05) is 106 Å². The van der Waals surface area contributed by atoms with Gasteiger partial charge in [0.15, 0.2) is 32.1 Å². The minimum Gasteiger partial charge on any atom is -0.545 e. The van der Waals surface area contributed by atoms with E-state index in [0.29, 0.717) is 30.0 Å². The maximum Gasteiger partial charge on any atom is 0.302 e. The molecule has 0 radical (unpaired) electrons. The molecule has 0 fully saturated rings. The average molecular weight is 622 g/mol. The maximum absolute atomic E-state index is 12.3. The molecule has 0 saturated carbocycles. The van der Waals surface area contributed by atoms with Crippen molar-refractivity contribution in [1.82, 2.24) is 4.58 Å². The summed E-state index contributed by atoms with van der Waals surface area (Å²) >= 11 is 0. The van der Waals surface area contributed by atoms with Gasteiger partial charge in [0.1, 0.15) is 11.3 Å². The lowest BCUT2D eigenvalue weighted by molar-refractivity contribution is -0.438. The van der Waals surface area contributed by atoms with E-state index in [4.69, 9.17) is 9.15 Å². The van der Waals surface area contributed by atoms with Crippen molar-refractivity contribution in [3.8, 4) is 22.5 Å². The smallest absolute Gasteiger partial charge is 0.302 e. The van der Waals surface area contributed by atoms with Crippen molar-refractivity contribution >= 4 is 34.8 Å². The number of carboxylic acid groups (broad SMARTS) is 1. The first-order valence-electron chi connectivity index (χ1n) is 15.3. The van der Waals surface area contributed by atoms with Gasteiger partial charge in [-0.15, -0.1) is 0 Å². The molecule has 0 amide bonds. The molecule has 0 N–H and O–H groups in total. The predicted molar refractivity (Wildman–Crippen MR) is 181 cm³/mol. The van der Waals surface area contributed by atoms with Crippen LogP contribution in [0.5, 0.6) is 0 Å². The fourth-order valence-electron chi connectivity index (χ4n) is 5.71. The van der Waals surface area contributed by atoms with E-state index in [0.717, 1.165) is 38.7 Å². The highest BCUT2D eigenvalue weighted by molar-refractivity contribution is 6.07. The molecule has 0 atom stereocenters. The second-order valence-corrected chi connectivity index (χ2v) is 11.0. The Morgan fingerprint density at radius 1 is 0.851 bits per heavy atom. The zero-order valence-corrected chi connectivity index (χ0v) is 26.0. The third-order valence-electron chi connectivity index (χ3n) is 7.93. The number of hydrogen-bond donors (Lipinski definition) is 0. The van der Waals surface area contributed by atoms with Crippen LogP contribution in [0.15, 0.2) is 139 Å². The Balaban J connectivity index is 1.59. The van der Waals surface area contributed by atoms with Crippen LogP contribution in [-0.2, 0) is 16.1 Å². The van der Waals surface area contributed by atoms with Gasteiger partial charge in [0, 0.05) is 52.3 Å². The molecule has 1 aliphatic heterocycles. The van der Waals surface area contributed by atoms with Crippen LogP contribution in [-0.4, -0.2) is 35.9 Å². The highest BCUT2D eigenvalue weighted by Gasteiger charge is 2.22. The molecule has 0 unspecified atom stereocenters. The summed E-state index contributed by atoms with van der Waals surface area (Å²) in [6, 6.07) is 38.5. The minimum absolute atomic E-state index is 0.0895. The number of carbonyl (C=O) groups excluding carboxylic acids is 2. The van der Waals surface area contributed by atoms with Crippen molar-refractivity contribution in [1.29, 1.82) is 0 Å². The van der Waals surface area contributed by atoms with Crippen molar-refractivity contribution < 1.29 is 28.4 Å². The molecule has 4 aromatic carbocycles. The zero-order chi connectivity index (χ0) is 32.8. The van der Waals surface area contributed by atoms with E-state index < -0.39 is 5.97 Å². The number of carbonyl (C=O) groups is 2. The average Bonchev–Trinajstić information content (AvgIpc) is 3.09. The molecule has 0 saturated heterocycles. The Bertz CT molecular complexity index is 2160. The fraction of sp³-hybridized carbons (Fsp3) is 0.100. The SMILES string of the molecule is C=C[N+](Cc1ccccc1)=c1ccc2c(-c3ccccc3C(=O)[O-])c3ccc([N+](=Cc4ccccc4)CCOC(C)=O)cc3oc-2c1. The third kappa shape index (κ3) is 6.94. The van der Waals surface area contributed by atoms with E-state index in [1.54, 1.807) is 24.4 Å². The van der Waals surface area contributed by atoms with Crippen LogP contribution >= 0.6 is 0 Å². The molecular formula is C40H33N2O5+. The second-order valence-electron chi connectivity index (χ2n) is 11.0. The molecule has 232 valence electrons. The first kappa shape index (κ1) is 30.9. The standard InChI is InChI=1S/C40H33N2O5/c1-3-41(26-29-12-6-4-7-13-29)31-18-20-35-37(24-31)47-38-25-32(42(22-23-46-28(2)43)27-30-14-8-5-9-15-30)19-21-36(38)39(35)33-16-10-11-17-34(33)40(44)45/h3-21,24-25,27H,1,22-23,26H2,2H3/q+1. The number of rotatable bonds is 10. The van der Waals surface area contributed by atoms with Crippen molar-refractivity contribution in [2.45, 2.75) is 13.5 Å². The Hall–Kier alpha value is -6.08. The maximum atomic E-state index is 12.3. The van der Waals surface area contributed by atoms with Gasteiger partial charge in [-0.3, -0.25) is 4.79 Å². The molecule has 0 bridgehead atoms. The molecule has 1 aliphatic carbocycles. The van der Waals surface area contributed by atoms with Crippen LogP contribution in [0.1, 0.15) is 28.4 Å². The molecular weight excluding hydrogens is 588 g/mol. The normalized spacial score (nSPS) is 12.1. The molecule has 0 aromatic heterocycles. The Morgan fingerprint density at radius 2 is 1.57 bits per heavy atom. The topological polar surface area (TPSA) is 85.6 Å². The van der Waals surface area contributed by atoms with Crippen LogP contribution in [0.25, 0.3) is 33.4 Å². The number of hydrogen-bond acceptors (Lipinski definition) is 5. The molecule has 1 heterocycles. The number of nitrogens with zero attached hydrogens (tertiary/aromatic N) is 2. The van der Waals surface area contributed by atoms with E-state index >= 15 is 0 Å². The lowest BCUT2D eigenvalue weighted by Gasteiger charge is -2.18. The number of benzene rings is 5. The van der Waals surface area contributed by atoms with Gasteiger partial charge in [-0.05, 0) is 36.4 Å². The van der Waals surface area contributed by atoms with Crippen LogP contribution in [0.2, 0.25) is 0 Å². The highest BCUT2D eigenvalue weighted by Crippen LogP contribution is 2.41. The Labute approximate surface area is 272 Å². The Morgan fingerprint density at radius 3 is 2.30 bits per heavy atom. The number of fused-ring (bicyclic) bond motifs is 2. The van der Waals surface area contributed by atoms with Gasteiger partial charge in [-0.2, -0.15) is 9.15 Å². The summed E-state index contributed by atoms with van der Waals surface area (Å²) in [6.07, 6.45) is 3.77. The first-order chi connectivity index (χ1) is 22.9. The van der Waals surface area contributed by atoms with E-state index in [9.17, 15) is 14.7 Å². The highest BCUT2D eigenvalue weighted by atomic mass is 16.5. The molecule has 0 spiro atoms. The molecule has 7 heteroatoms. The van der Waals surface area contributed by atoms with Gasteiger partial charge in [-0.25, -0.2) is 0 Å². The lowest BCUT2D eigenvalue weighted by Crippen LogP contribution is -2.24. The summed E-state index contributed by atoms with van der Waals surface area (Å²) < 4.78 is 15.9. The van der Waals surface area contributed by atoms with Crippen LogP contribution < -0.4 is 15.0 Å². The van der Waals surface area contributed by atoms with Crippen molar-refractivity contribution in [3.63, 3.8) is 0 Å². The molecule has 4 aromatic rings. The van der Waals surface area contributed by atoms with E-state index in [2.05, 4.69) is 18.7 Å².